The predicted octanol–water partition coefficient (Wildman–Crippen LogP) is 2.70. The minimum absolute atomic E-state index is 0.0313. The Morgan fingerprint density at radius 2 is 2.11 bits per heavy atom. The number of carbonyl (C=O) groups is 1. The fraction of sp³-hybridized carbons (Fsp3) is 0.389. The first-order chi connectivity index (χ1) is 13.1. The van der Waals surface area contributed by atoms with E-state index < -0.39 is 18.2 Å². The molecule has 0 aliphatic rings. The van der Waals surface area contributed by atoms with E-state index in [1.54, 1.807) is 0 Å². The van der Waals surface area contributed by atoms with Gasteiger partial charge in [0, 0.05) is 12.2 Å². The Morgan fingerprint density at radius 1 is 1.43 bits per heavy atom. The molecule has 1 aromatic rings. The van der Waals surface area contributed by atoms with E-state index in [1.807, 2.05) is 6.92 Å². The molecular weight excluding hydrogens is 399 g/mol. The van der Waals surface area contributed by atoms with Gasteiger partial charge < -0.3 is 26.2 Å². The summed E-state index contributed by atoms with van der Waals surface area (Å²) in [7, 11) is 0. The van der Waals surface area contributed by atoms with Crippen LogP contribution in [0, 0.1) is 0 Å². The lowest BCUT2D eigenvalue weighted by atomic mass is 10.1. The van der Waals surface area contributed by atoms with E-state index in [-0.39, 0.29) is 29.6 Å². The number of halogens is 4. The summed E-state index contributed by atoms with van der Waals surface area (Å²) in [6, 6.07) is 3.62. The zero-order valence-electron chi connectivity index (χ0n) is 15.2. The van der Waals surface area contributed by atoms with E-state index in [0.717, 1.165) is 6.07 Å². The van der Waals surface area contributed by atoms with Crippen LogP contribution in [-0.2, 0) is 11.2 Å². The maximum atomic E-state index is 12.6. The number of ether oxygens (including phenoxy) is 1. The molecule has 0 radical (unpaired) electrons. The molecule has 0 aliphatic carbocycles. The summed E-state index contributed by atoms with van der Waals surface area (Å²) in [5, 5.41) is 9.88. The molecule has 0 spiro atoms. The van der Waals surface area contributed by atoms with E-state index in [4.69, 9.17) is 23.1 Å². The van der Waals surface area contributed by atoms with Gasteiger partial charge in [-0.3, -0.25) is 4.79 Å². The number of rotatable bonds is 9. The van der Waals surface area contributed by atoms with Gasteiger partial charge in [-0.1, -0.05) is 24.6 Å². The standard InChI is InChI=1S/C18H23ClF3N3O3/c1-2-8-25(11-15(26)14(24)4-3-7-23)17(27)10-12-5-6-16(13(19)9-12)28-18(20,21)22/h3-7,9,15,26H,2,8,10-11,23-24H2,1H3/b7-3-,14-4-. The smallest absolute Gasteiger partial charge is 0.405 e. The monoisotopic (exact) mass is 421 g/mol. The number of benzene rings is 1. The van der Waals surface area contributed by atoms with Crippen molar-refractivity contribution >= 4 is 17.5 Å². The van der Waals surface area contributed by atoms with Crippen molar-refractivity contribution in [3.8, 4) is 5.75 Å². The van der Waals surface area contributed by atoms with Gasteiger partial charge in [-0.05, 0) is 42.5 Å². The molecular formula is C18H23ClF3N3O3. The molecule has 0 aromatic heterocycles. The lowest BCUT2D eigenvalue weighted by Crippen LogP contribution is -2.40. The van der Waals surface area contributed by atoms with Gasteiger partial charge in [0.1, 0.15) is 11.9 Å². The van der Waals surface area contributed by atoms with Crippen LogP contribution in [0.1, 0.15) is 18.9 Å². The first-order valence-electron chi connectivity index (χ1n) is 8.41. The van der Waals surface area contributed by atoms with Gasteiger partial charge in [0.2, 0.25) is 5.91 Å². The zero-order valence-corrected chi connectivity index (χ0v) is 16.0. The van der Waals surface area contributed by atoms with Gasteiger partial charge in [-0.15, -0.1) is 13.2 Å². The van der Waals surface area contributed by atoms with E-state index >= 15 is 0 Å². The molecule has 1 rings (SSSR count). The fourth-order valence-electron chi connectivity index (χ4n) is 2.33. The summed E-state index contributed by atoms with van der Waals surface area (Å²) in [5.74, 6) is -0.874. The highest BCUT2D eigenvalue weighted by atomic mass is 35.5. The first kappa shape index (κ1) is 23.6. The van der Waals surface area contributed by atoms with Gasteiger partial charge in [0.15, 0.2) is 0 Å². The molecule has 0 heterocycles. The SMILES string of the molecule is CCCN(CC(O)/C(N)=C/C=C\N)C(=O)Cc1ccc(OC(F)(F)F)c(Cl)c1. The minimum Gasteiger partial charge on any atom is -0.405 e. The van der Waals surface area contributed by atoms with Crippen LogP contribution in [0.25, 0.3) is 0 Å². The summed E-state index contributed by atoms with van der Waals surface area (Å²) >= 11 is 5.80. The topological polar surface area (TPSA) is 102 Å². The largest absolute Gasteiger partial charge is 0.573 e. The summed E-state index contributed by atoms with van der Waals surface area (Å²) in [6.45, 7) is 2.21. The zero-order chi connectivity index (χ0) is 21.3. The summed E-state index contributed by atoms with van der Waals surface area (Å²) in [4.78, 5) is 14.0. The van der Waals surface area contributed by atoms with Crippen LogP contribution < -0.4 is 16.2 Å². The minimum atomic E-state index is -4.86. The van der Waals surface area contributed by atoms with Crippen LogP contribution in [0.2, 0.25) is 5.02 Å². The lowest BCUT2D eigenvalue weighted by molar-refractivity contribution is -0.274. The van der Waals surface area contributed by atoms with Crippen molar-refractivity contribution in [1.29, 1.82) is 0 Å². The predicted molar refractivity (Wildman–Crippen MR) is 100 cm³/mol. The van der Waals surface area contributed by atoms with Crippen LogP contribution >= 0.6 is 11.6 Å². The average molecular weight is 422 g/mol. The second-order valence-electron chi connectivity index (χ2n) is 5.90. The number of allylic oxidation sites excluding steroid dienone is 2. The van der Waals surface area contributed by atoms with Crippen LogP contribution in [0.4, 0.5) is 13.2 Å². The third-order valence-corrected chi connectivity index (χ3v) is 3.90. The molecule has 1 unspecified atom stereocenters. The average Bonchev–Trinajstić information content (AvgIpc) is 2.60. The molecule has 0 saturated carbocycles. The molecule has 0 saturated heterocycles. The molecule has 0 aliphatic heterocycles. The first-order valence-corrected chi connectivity index (χ1v) is 8.79. The van der Waals surface area contributed by atoms with E-state index in [2.05, 4.69) is 4.74 Å². The van der Waals surface area contributed by atoms with Gasteiger partial charge in [0.25, 0.3) is 0 Å². The number of aliphatic hydroxyl groups is 1. The number of nitrogens with zero attached hydrogens (tertiary/aromatic N) is 1. The number of hydrogen-bond acceptors (Lipinski definition) is 5. The summed E-state index contributed by atoms with van der Waals surface area (Å²) < 4.78 is 40.7. The summed E-state index contributed by atoms with van der Waals surface area (Å²) in [6.07, 6.45) is -1.27. The van der Waals surface area contributed by atoms with Crippen molar-refractivity contribution in [3.05, 3.63) is 52.8 Å². The third-order valence-electron chi connectivity index (χ3n) is 3.60. The normalized spacial score (nSPS) is 13.6. The van der Waals surface area contributed by atoms with E-state index in [9.17, 15) is 23.1 Å². The molecule has 5 N–H and O–H groups in total. The Bertz CT molecular complexity index is 724. The molecule has 0 bridgehead atoms. The molecule has 1 amide bonds. The second kappa shape index (κ2) is 10.8. The van der Waals surface area contributed by atoms with Gasteiger partial charge in [-0.25, -0.2) is 0 Å². The van der Waals surface area contributed by atoms with Crippen LogP contribution in [0.15, 0.2) is 42.2 Å². The lowest BCUT2D eigenvalue weighted by Gasteiger charge is -2.25. The number of hydrogen-bond donors (Lipinski definition) is 3. The van der Waals surface area contributed by atoms with E-state index in [0.29, 0.717) is 18.5 Å². The molecule has 156 valence electrons. The van der Waals surface area contributed by atoms with Gasteiger partial charge in [0.05, 0.1) is 18.0 Å². The fourth-order valence-corrected chi connectivity index (χ4v) is 2.57. The third kappa shape index (κ3) is 8.10. The van der Waals surface area contributed by atoms with Crippen molar-refractivity contribution < 1.29 is 27.8 Å². The number of alkyl halides is 3. The maximum Gasteiger partial charge on any atom is 0.573 e. The molecule has 0 fully saturated rings. The maximum absolute atomic E-state index is 12.6. The highest BCUT2D eigenvalue weighted by Crippen LogP contribution is 2.31. The number of carbonyl (C=O) groups excluding carboxylic acids is 1. The number of aliphatic hydroxyl groups excluding tert-OH is 1. The van der Waals surface area contributed by atoms with Gasteiger partial charge in [-0.2, -0.15) is 0 Å². The highest BCUT2D eigenvalue weighted by Gasteiger charge is 2.32. The number of amides is 1. The van der Waals surface area contributed by atoms with Crippen molar-refractivity contribution in [2.24, 2.45) is 11.5 Å². The molecule has 1 aromatic carbocycles. The summed E-state index contributed by atoms with van der Waals surface area (Å²) in [5.41, 5.74) is 11.5. The Labute approximate surface area is 166 Å². The van der Waals surface area contributed by atoms with Gasteiger partial charge >= 0.3 is 6.36 Å². The molecule has 1 atom stereocenters. The Morgan fingerprint density at radius 3 is 2.64 bits per heavy atom. The molecule has 28 heavy (non-hydrogen) atoms. The number of nitrogens with two attached hydrogens (primary N) is 2. The van der Waals surface area contributed by atoms with Crippen molar-refractivity contribution in [3.63, 3.8) is 0 Å². The Kier molecular flexibility index (Phi) is 9.14. The van der Waals surface area contributed by atoms with Crippen LogP contribution in [0.3, 0.4) is 0 Å². The van der Waals surface area contributed by atoms with Crippen molar-refractivity contribution in [1.82, 2.24) is 4.90 Å². The Hall–Kier alpha value is -2.39. The van der Waals surface area contributed by atoms with E-state index in [1.165, 1.54) is 35.4 Å². The molecule has 6 nitrogen and oxygen atoms in total. The quantitative estimate of drug-likeness (QED) is 0.532. The highest BCUT2D eigenvalue weighted by molar-refractivity contribution is 6.32. The van der Waals surface area contributed by atoms with Crippen LogP contribution in [0.5, 0.6) is 5.75 Å². The molecule has 10 heteroatoms. The Balaban J connectivity index is 2.85. The second-order valence-corrected chi connectivity index (χ2v) is 6.30. The van der Waals surface area contributed by atoms with Crippen LogP contribution in [-0.4, -0.2) is 41.5 Å². The van der Waals surface area contributed by atoms with Crippen molar-refractivity contribution in [2.45, 2.75) is 32.2 Å². The van der Waals surface area contributed by atoms with Crippen molar-refractivity contribution in [2.75, 3.05) is 13.1 Å².